The molecule has 2 fully saturated rings. The van der Waals surface area contributed by atoms with Gasteiger partial charge in [0.25, 0.3) is 0 Å². The van der Waals surface area contributed by atoms with Gasteiger partial charge in [-0.1, -0.05) is 20.8 Å². The predicted octanol–water partition coefficient (Wildman–Crippen LogP) is 0.418. The van der Waals surface area contributed by atoms with Gasteiger partial charge in [-0.25, -0.2) is 0 Å². The van der Waals surface area contributed by atoms with Gasteiger partial charge in [-0.2, -0.15) is 0 Å². The molecule has 0 aliphatic carbocycles. The summed E-state index contributed by atoms with van der Waals surface area (Å²) in [5, 5.41) is 5.72. The minimum Gasteiger partial charge on any atom is -0.354 e. The fourth-order valence-corrected chi connectivity index (χ4v) is 2.87. The summed E-state index contributed by atoms with van der Waals surface area (Å²) in [5.74, 6) is -0.0331. The van der Waals surface area contributed by atoms with E-state index >= 15 is 0 Å². The van der Waals surface area contributed by atoms with Crippen molar-refractivity contribution >= 4 is 17.7 Å². The van der Waals surface area contributed by atoms with Gasteiger partial charge in [-0.05, 0) is 19.3 Å². The number of rotatable bonds is 2. The Labute approximate surface area is 125 Å². The summed E-state index contributed by atoms with van der Waals surface area (Å²) >= 11 is 0. The van der Waals surface area contributed by atoms with Crippen LogP contribution in [0.25, 0.3) is 0 Å². The highest BCUT2D eigenvalue weighted by molar-refractivity contribution is 5.90. The Morgan fingerprint density at radius 2 is 2.00 bits per heavy atom. The van der Waals surface area contributed by atoms with Gasteiger partial charge >= 0.3 is 0 Å². The number of likely N-dealkylation sites (tertiary alicyclic amines) is 1. The standard InChI is InChI=1S/C15H25N3O3/c1-15(2,3)14(21)18-8-4-5-11(18)13(20)17-10-6-7-12(19)16-9-10/h10-11H,4-9H2,1-3H3,(H,16,19)(H,17,20). The van der Waals surface area contributed by atoms with Crippen molar-refractivity contribution in [2.45, 2.75) is 58.5 Å². The SMILES string of the molecule is CC(C)(C)C(=O)N1CCCC1C(=O)NC1CCC(=O)NC1. The molecule has 2 N–H and O–H groups in total. The van der Waals surface area contributed by atoms with Crippen LogP contribution in [0, 0.1) is 5.41 Å². The van der Waals surface area contributed by atoms with Crippen molar-refractivity contribution in [3.63, 3.8) is 0 Å². The number of amides is 3. The number of hydrogen-bond acceptors (Lipinski definition) is 3. The average Bonchev–Trinajstić information content (AvgIpc) is 2.88. The first-order valence-electron chi connectivity index (χ1n) is 7.67. The third kappa shape index (κ3) is 3.74. The summed E-state index contributed by atoms with van der Waals surface area (Å²) in [5.41, 5.74) is -0.471. The number of hydrogen-bond donors (Lipinski definition) is 2. The van der Waals surface area contributed by atoms with Gasteiger partial charge in [0, 0.05) is 31.0 Å². The Balaban J connectivity index is 1.95. The van der Waals surface area contributed by atoms with E-state index in [4.69, 9.17) is 0 Å². The molecule has 0 aromatic heterocycles. The zero-order chi connectivity index (χ0) is 15.6. The van der Waals surface area contributed by atoms with Crippen LogP contribution in [0.5, 0.6) is 0 Å². The molecule has 3 amide bonds. The first-order chi connectivity index (χ1) is 9.79. The molecule has 0 bridgehead atoms. The summed E-state index contributed by atoms with van der Waals surface area (Å²) in [4.78, 5) is 37.7. The van der Waals surface area contributed by atoms with Crippen molar-refractivity contribution in [2.24, 2.45) is 5.41 Å². The summed E-state index contributed by atoms with van der Waals surface area (Å²) in [7, 11) is 0. The Bertz CT molecular complexity index is 432. The first kappa shape index (κ1) is 15.8. The topological polar surface area (TPSA) is 78.5 Å². The van der Waals surface area contributed by atoms with Crippen LogP contribution in [-0.4, -0.2) is 47.8 Å². The Hall–Kier alpha value is -1.59. The smallest absolute Gasteiger partial charge is 0.243 e. The maximum Gasteiger partial charge on any atom is 0.243 e. The lowest BCUT2D eigenvalue weighted by atomic mass is 9.94. The van der Waals surface area contributed by atoms with Crippen molar-refractivity contribution < 1.29 is 14.4 Å². The zero-order valence-corrected chi connectivity index (χ0v) is 13.1. The van der Waals surface area contributed by atoms with Gasteiger partial charge in [0.1, 0.15) is 6.04 Å². The fourth-order valence-electron chi connectivity index (χ4n) is 2.87. The molecule has 2 atom stereocenters. The first-order valence-corrected chi connectivity index (χ1v) is 7.67. The molecule has 2 heterocycles. The van der Waals surface area contributed by atoms with E-state index in [-0.39, 0.29) is 29.8 Å². The minimum atomic E-state index is -0.471. The molecule has 2 unspecified atom stereocenters. The van der Waals surface area contributed by atoms with E-state index in [9.17, 15) is 14.4 Å². The highest BCUT2D eigenvalue weighted by atomic mass is 16.2. The van der Waals surface area contributed by atoms with Gasteiger partial charge in [-0.15, -0.1) is 0 Å². The van der Waals surface area contributed by atoms with Crippen LogP contribution in [0.4, 0.5) is 0 Å². The summed E-state index contributed by atoms with van der Waals surface area (Å²) < 4.78 is 0. The van der Waals surface area contributed by atoms with E-state index in [1.807, 2.05) is 20.8 Å². The third-order valence-electron chi connectivity index (χ3n) is 4.07. The second-order valence-corrected chi connectivity index (χ2v) is 6.95. The fraction of sp³-hybridized carbons (Fsp3) is 0.800. The molecule has 0 saturated carbocycles. The van der Waals surface area contributed by atoms with Gasteiger partial charge < -0.3 is 15.5 Å². The lowest BCUT2D eigenvalue weighted by molar-refractivity contribution is -0.144. The van der Waals surface area contributed by atoms with Gasteiger partial charge in [0.2, 0.25) is 17.7 Å². The molecule has 2 saturated heterocycles. The maximum atomic E-state index is 12.4. The molecule has 6 heteroatoms. The zero-order valence-electron chi connectivity index (χ0n) is 13.1. The largest absolute Gasteiger partial charge is 0.354 e. The van der Waals surface area contributed by atoms with E-state index in [2.05, 4.69) is 10.6 Å². The molecule has 0 aromatic carbocycles. The van der Waals surface area contributed by atoms with E-state index < -0.39 is 5.41 Å². The molecule has 0 radical (unpaired) electrons. The number of carbonyl (C=O) groups excluding carboxylic acids is 3. The quantitative estimate of drug-likeness (QED) is 0.775. The van der Waals surface area contributed by atoms with Crippen molar-refractivity contribution in [3.8, 4) is 0 Å². The molecule has 6 nitrogen and oxygen atoms in total. The molecule has 2 rings (SSSR count). The molecule has 0 spiro atoms. The van der Waals surface area contributed by atoms with Crippen LogP contribution < -0.4 is 10.6 Å². The molecular formula is C15H25N3O3. The molecule has 2 aliphatic rings. The molecule has 0 aromatic rings. The number of nitrogens with one attached hydrogen (secondary N) is 2. The van der Waals surface area contributed by atoms with Crippen LogP contribution in [0.1, 0.15) is 46.5 Å². The van der Waals surface area contributed by atoms with Gasteiger partial charge in [-0.3, -0.25) is 14.4 Å². The Morgan fingerprint density at radius 3 is 2.57 bits per heavy atom. The number of piperidine rings is 1. The molecule has 2 aliphatic heterocycles. The van der Waals surface area contributed by atoms with Crippen molar-refractivity contribution in [1.82, 2.24) is 15.5 Å². The second-order valence-electron chi connectivity index (χ2n) is 6.95. The maximum absolute atomic E-state index is 12.4. The predicted molar refractivity (Wildman–Crippen MR) is 78.4 cm³/mol. The lowest BCUT2D eigenvalue weighted by Gasteiger charge is -2.32. The number of carbonyl (C=O) groups is 3. The highest BCUT2D eigenvalue weighted by Crippen LogP contribution is 2.25. The van der Waals surface area contributed by atoms with E-state index in [1.165, 1.54) is 0 Å². The molecule has 21 heavy (non-hydrogen) atoms. The van der Waals surface area contributed by atoms with Gasteiger partial charge in [0.05, 0.1) is 0 Å². The van der Waals surface area contributed by atoms with Crippen LogP contribution in [-0.2, 0) is 14.4 Å². The Kier molecular flexibility index (Phi) is 4.54. The van der Waals surface area contributed by atoms with Crippen LogP contribution in [0.3, 0.4) is 0 Å². The number of nitrogens with zero attached hydrogens (tertiary/aromatic N) is 1. The van der Waals surface area contributed by atoms with Crippen LogP contribution in [0.15, 0.2) is 0 Å². The minimum absolute atomic E-state index is 0.0251. The molecular weight excluding hydrogens is 270 g/mol. The average molecular weight is 295 g/mol. The summed E-state index contributed by atoms with van der Waals surface area (Å²) in [6.07, 6.45) is 2.69. The van der Waals surface area contributed by atoms with Crippen molar-refractivity contribution in [1.29, 1.82) is 0 Å². The van der Waals surface area contributed by atoms with Gasteiger partial charge in [0.15, 0.2) is 0 Å². The monoisotopic (exact) mass is 295 g/mol. The normalized spacial score (nSPS) is 26.4. The lowest BCUT2D eigenvalue weighted by Crippen LogP contribution is -2.54. The van der Waals surface area contributed by atoms with Crippen LogP contribution >= 0.6 is 0 Å². The van der Waals surface area contributed by atoms with E-state index in [1.54, 1.807) is 4.90 Å². The van der Waals surface area contributed by atoms with Crippen molar-refractivity contribution in [3.05, 3.63) is 0 Å². The summed E-state index contributed by atoms with van der Waals surface area (Å²) in [6, 6.07) is -0.392. The highest BCUT2D eigenvalue weighted by Gasteiger charge is 2.39. The Morgan fingerprint density at radius 1 is 1.29 bits per heavy atom. The third-order valence-corrected chi connectivity index (χ3v) is 4.07. The second kappa shape index (κ2) is 6.03. The molecule has 118 valence electrons. The van der Waals surface area contributed by atoms with E-state index in [0.29, 0.717) is 32.4 Å². The van der Waals surface area contributed by atoms with E-state index in [0.717, 1.165) is 6.42 Å². The van der Waals surface area contributed by atoms with Crippen LogP contribution in [0.2, 0.25) is 0 Å². The van der Waals surface area contributed by atoms with Crippen molar-refractivity contribution in [2.75, 3.05) is 13.1 Å². The summed E-state index contributed by atoms with van der Waals surface area (Å²) in [6.45, 7) is 6.75.